The minimum atomic E-state index is 0.00885. The van der Waals surface area contributed by atoms with Crippen LogP contribution < -0.4 is 4.74 Å². The van der Waals surface area contributed by atoms with Gasteiger partial charge in [-0.1, -0.05) is 12.1 Å². The highest BCUT2D eigenvalue weighted by Gasteiger charge is 2.14. The maximum absolute atomic E-state index is 9.27. The van der Waals surface area contributed by atoms with Crippen molar-refractivity contribution in [2.75, 3.05) is 7.11 Å². The summed E-state index contributed by atoms with van der Waals surface area (Å²) < 4.78 is 8.17. The molecule has 1 heterocycles. The smallest absolute Gasteiger partial charge is 0.143 e. The molecule has 0 amide bonds. The Morgan fingerprint density at radius 2 is 2.20 bits per heavy atom. The third-order valence-electron chi connectivity index (χ3n) is 2.60. The number of fused-ring (bicyclic) bond motifs is 1. The number of halogens is 1. The van der Waals surface area contributed by atoms with Crippen molar-refractivity contribution < 1.29 is 9.84 Å². The minimum absolute atomic E-state index is 0.00885. The summed E-state index contributed by atoms with van der Waals surface area (Å²) in [5, 5.41) is 10.3. The van der Waals surface area contributed by atoms with Gasteiger partial charge in [-0.2, -0.15) is 0 Å². The lowest BCUT2D eigenvalue weighted by molar-refractivity contribution is 0.272. The molecule has 0 aliphatic rings. The molecule has 0 saturated heterocycles. The van der Waals surface area contributed by atoms with E-state index in [-0.39, 0.29) is 6.61 Å². The number of rotatable bonds is 2. The van der Waals surface area contributed by atoms with Gasteiger partial charge in [0.15, 0.2) is 0 Å². The van der Waals surface area contributed by atoms with Gasteiger partial charge in [-0.05, 0) is 22.0 Å². The summed E-state index contributed by atoms with van der Waals surface area (Å²) >= 11 is 3.49. The van der Waals surface area contributed by atoms with Crippen molar-refractivity contribution in [3.8, 4) is 5.75 Å². The molecule has 3 nitrogen and oxygen atoms in total. The lowest BCUT2D eigenvalue weighted by Crippen LogP contribution is -1.97. The van der Waals surface area contributed by atoms with Crippen molar-refractivity contribution in [2.45, 2.75) is 6.61 Å². The predicted octanol–water partition coefficient (Wildman–Crippen LogP) is 2.44. The molecule has 1 aromatic heterocycles. The van der Waals surface area contributed by atoms with Crippen LogP contribution in [0, 0.1) is 0 Å². The Morgan fingerprint density at radius 1 is 1.47 bits per heavy atom. The highest BCUT2D eigenvalue weighted by molar-refractivity contribution is 9.10. The first-order valence-electron chi connectivity index (χ1n) is 4.61. The second-order valence-electron chi connectivity index (χ2n) is 3.33. The number of hydrogen-bond acceptors (Lipinski definition) is 2. The van der Waals surface area contributed by atoms with Gasteiger partial charge in [0.1, 0.15) is 5.75 Å². The van der Waals surface area contributed by atoms with Crippen molar-refractivity contribution in [2.24, 2.45) is 7.05 Å². The lowest BCUT2D eigenvalue weighted by Gasteiger charge is -2.05. The van der Waals surface area contributed by atoms with Gasteiger partial charge < -0.3 is 14.4 Å². The van der Waals surface area contributed by atoms with Gasteiger partial charge in [0, 0.05) is 16.9 Å². The highest BCUT2D eigenvalue weighted by Crippen LogP contribution is 2.35. The molecule has 0 atom stereocenters. The number of benzene rings is 1. The summed E-state index contributed by atoms with van der Waals surface area (Å²) in [5.41, 5.74) is 1.85. The SMILES string of the molecule is COc1cccc2c(Br)c(CO)n(C)c12. The van der Waals surface area contributed by atoms with Crippen LogP contribution in [-0.2, 0) is 13.7 Å². The van der Waals surface area contributed by atoms with Gasteiger partial charge in [0.05, 0.1) is 24.9 Å². The fourth-order valence-corrected chi connectivity index (χ4v) is 2.53. The van der Waals surface area contributed by atoms with E-state index in [1.165, 1.54) is 0 Å². The van der Waals surface area contributed by atoms with Gasteiger partial charge in [-0.25, -0.2) is 0 Å². The number of aromatic nitrogens is 1. The van der Waals surface area contributed by atoms with Crippen LogP contribution in [0.15, 0.2) is 22.7 Å². The molecule has 0 saturated carbocycles. The van der Waals surface area contributed by atoms with Crippen molar-refractivity contribution in [1.82, 2.24) is 4.57 Å². The van der Waals surface area contributed by atoms with E-state index in [2.05, 4.69) is 15.9 Å². The summed E-state index contributed by atoms with van der Waals surface area (Å²) in [5.74, 6) is 0.815. The molecule has 0 radical (unpaired) electrons. The van der Waals surface area contributed by atoms with Crippen LogP contribution >= 0.6 is 15.9 Å². The number of aliphatic hydroxyl groups excluding tert-OH is 1. The Balaban J connectivity index is 2.88. The monoisotopic (exact) mass is 269 g/mol. The van der Waals surface area contributed by atoms with Crippen LogP contribution in [-0.4, -0.2) is 16.8 Å². The second kappa shape index (κ2) is 3.87. The van der Waals surface area contributed by atoms with Gasteiger partial charge in [-0.3, -0.25) is 0 Å². The average molecular weight is 270 g/mol. The molecule has 0 aliphatic heterocycles. The number of nitrogens with zero attached hydrogens (tertiary/aromatic N) is 1. The van der Waals surface area contributed by atoms with Crippen molar-refractivity contribution in [1.29, 1.82) is 0 Å². The second-order valence-corrected chi connectivity index (χ2v) is 4.13. The van der Waals surface area contributed by atoms with E-state index in [9.17, 15) is 5.11 Å². The summed E-state index contributed by atoms with van der Waals surface area (Å²) in [6.07, 6.45) is 0. The summed E-state index contributed by atoms with van der Waals surface area (Å²) in [6.45, 7) is 0.00885. The van der Waals surface area contributed by atoms with Crippen LogP contribution in [0.25, 0.3) is 10.9 Å². The van der Waals surface area contributed by atoms with Crippen LogP contribution in [0.5, 0.6) is 5.75 Å². The predicted molar refractivity (Wildman–Crippen MR) is 63.1 cm³/mol. The molecular weight excluding hydrogens is 258 g/mol. The Kier molecular flexibility index (Phi) is 2.71. The number of aryl methyl sites for hydroxylation is 1. The molecule has 80 valence electrons. The topological polar surface area (TPSA) is 34.4 Å². The van der Waals surface area contributed by atoms with Crippen molar-refractivity contribution >= 4 is 26.8 Å². The Bertz CT molecular complexity index is 505. The molecule has 2 rings (SSSR count). The number of methoxy groups -OCH3 is 1. The zero-order valence-electron chi connectivity index (χ0n) is 8.62. The third kappa shape index (κ3) is 1.44. The minimum Gasteiger partial charge on any atom is -0.495 e. The molecule has 0 bridgehead atoms. The first-order chi connectivity index (χ1) is 7.20. The normalized spacial score (nSPS) is 10.9. The summed E-state index contributed by atoms with van der Waals surface area (Å²) in [6, 6.07) is 5.85. The average Bonchev–Trinajstić information content (AvgIpc) is 2.51. The summed E-state index contributed by atoms with van der Waals surface area (Å²) in [4.78, 5) is 0. The largest absolute Gasteiger partial charge is 0.495 e. The van der Waals surface area contributed by atoms with E-state index in [0.717, 1.165) is 26.8 Å². The molecule has 1 aromatic carbocycles. The van der Waals surface area contributed by atoms with Crippen LogP contribution in [0.1, 0.15) is 5.69 Å². The first-order valence-corrected chi connectivity index (χ1v) is 5.40. The Labute approximate surface area is 96.4 Å². The number of ether oxygens (including phenoxy) is 1. The zero-order valence-corrected chi connectivity index (χ0v) is 10.2. The highest BCUT2D eigenvalue weighted by atomic mass is 79.9. The molecule has 15 heavy (non-hydrogen) atoms. The fraction of sp³-hybridized carbons (Fsp3) is 0.273. The lowest BCUT2D eigenvalue weighted by atomic mass is 10.2. The quantitative estimate of drug-likeness (QED) is 0.909. The van der Waals surface area contributed by atoms with Gasteiger partial charge in [0.2, 0.25) is 0 Å². The molecule has 1 N–H and O–H groups in total. The van der Waals surface area contributed by atoms with Gasteiger partial charge >= 0.3 is 0 Å². The van der Waals surface area contributed by atoms with E-state index >= 15 is 0 Å². The van der Waals surface area contributed by atoms with Crippen molar-refractivity contribution in [3.63, 3.8) is 0 Å². The van der Waals surface area contributed by atoms with Crippen LogP contribution in [0.4, 0.5) is 0 Å². The fourth-order valence-electron chi connectivity index (χ4n) is 1.82. The Morgan fingerprint density at radius 3 is 2.80 bits per heavy atom. The molecule has 2 aromatic rings. The molecule has 0 fully saturated rings. The first kappa shape index (κ1) is 10.5. The van der Waals surface area contributed by atoms with E-state index in [4.69, 9.17) is 4.74 Å². The van der Waals surface area contributed by atoms with Gasteiger partial charge in [-0.15, -0.1) is 0 Å². The van der Waals surface area contributed by atoms with Crippen LogP contribution in [0.3, 0.4) is 0 Å². The van der Waals surface area contributed by atoms with Crippen LogP contribution in [0.2, 0.25) is 0 Å². The third-order valence-corrected chi connectivity index (χ3v) is 3.48. The number of aliphatic hydroxyl groups is 1. The maximum Gasteiger partial charge on any atom is 0.143 e. The van der Waals surface area contributed by atoms with Crippen molar-refractivity contribution in [3.05, 3.63) is 28.4 Å². The Hall–Kier alpha value is -1.00. The zero-order chi connectivity index (χ0) is 11.0. The number of hydrogen-bond donors (Lipinski definition) is 1. The summed E-state index contributed by atoms with van der Waals surface area (Å²) in [7, 11) is 3.56. The van der Waals surface area contributed by atoms with E-state index in [0.29, 0.717) is 0 Å². The molecular formula is C11H12BrNO2. The standard InChI is InChI=1S/C11H12BrNO2/c1-13-8(6-14)10(12)7-4-3-5-9(15-2)11(7)13/h3-5,14H,6H2,1-2H3. The molecule has 4 heteroatoms. The maximum atomic E-state index is 9.27. The van der Waals surface area contributed by atoms with E-state index < -0.39 is 0 Å². The molecule has 0 aliphatic carbocycles. The molecule has 0 spiro atoms. The number of para-hydroxylation sites is 1. The van der Waals surface area contributed by atoms with Gasteiger partial charge in [0.25, 0.3) is 0 Å². The van der Waals surface area contributed by atoms with E-state index in [1.54, 1.807) is 7.11 Å². The van der Waals surface area contributed by atoms with E-state index in [1.807, 2.05) is 29.8 Å². The molecule has 0 unspecified atom stereocenters.